The third-order valence-corrected chi connectivity index (χ3v) is 5.59. The average molecular weight is 473 g/mol. The molecule has 0 aliphatic heterocycles. The second kappa shape index (κ2) is 10.9. The van der Waals surface area contributed by atoms with Crippen LogP contribution in [0, 0.1) is 13.8 Å². The number of nitrogens with one attached hydrogen (secondary N) is 1. The molecule has 1 atom stereocenters. The van der Waals surface area contributed by atoms with Crippen molar-refractivity contribution in [1.82, 2.24) is 25.3 Å². The number of rotatable bonds is 9. The minimum atomic E-state index is -0.918. The lowest BCUT2D eigenvalue weighted by Gasteiger charge is -2.32. The van der Waals surface area contributed by atoms with Gasteiger partial charge in [0.05, 0.1) is 12.1 Å². The van der Waals surface area contributed by atoms with Gasteiger partial charge in [0.2, 0.25) is 11.8 Å². The van der Waals surface area contributed by atoms with Gasteiger partial charge in [-0.25, -0.2) is 4.68 Å². The summed E-state index contributed by atoms with van der Waals surface area (Å²) in [6.07, 6.45) is 3.22. The Balaban J connectivity index is 1.79. The molecule has 0 aliphatic carbocycles. The van der Waals surface area contributed by atoms with E-state index in [0.29, 0.717) is 29.9 Å². The SMILES string of the molecule is COCCNC(=O)[C@H](c1ccncc1)N(C(=O)Cn1nnc2ccccc21)c1cc(C)cc(C)c1. The number of nitrogens with zero attached hydrogens (tertiary/aromatic N) is 5. The van der Waals surface area contributed by atoms with Crippen LogP contribution in [0.2, 0.25) is 0 Å². The molecule has 0 aliphatic rings. The molecule has 2 aromatic heterocycles. The molecular formula is C26H28N6O3. The van der Waals surface area contributed by atoms with Crippen LogP contribution in [0.5, 0.6) is 0 Å². The van der Waals surface area contributed by atoms with E-state index in [0.717, 1.165) is 16.6 Å². The summed E-state index contributed by atoms with van der Waals surface area (Å²) in [5.74, 6) is -0.612. The number of pyridine rings is 1. The second-order valence-corrected chi connectivity index (χ2v) is 8.31. The summed E-state index contributed by atoms with van der Waals surface area (Å²) < 4.78 is 6.64. The molecule has 4 rings (SSSR count). The molecule has 0 saturated heterocycles. The highest BCUT2D eigenvalue weighted by Gasteiger charge is 2.33. The molecule has 0 spiro atoms. The van der Waals surface area contributed by atoms with Gasteiger partial charge >= 0.3 is 0 Å². The Labute approximate surface area is 203 Å². The lowest BCUT2D eigenvalue weighted by atomic mass is 10.0. The summed E-state index contributed by atoms with van der Waals surface area (Å²) in [6.45, 7) is 4.52. The van der Waals surface area contributed by atoms with Gasteiger partial charge in [0.15, 0.2) is 0 Å². The van der Waals surface area contributed by atoms with Crippen molar-refractivity contribution < 1.29 is 14.3 Å². The molecule has 1 N–H and O–H groups in total. The molecule has 0 fully saturated rings. The minimum absolute atomic E-state index is 0.0829. The number of amides is 2. The first-order valence-corrected chi connectivity index (χ1v) is 11.3. The monoisotopic (exact) mass is 472 g/mol. The molecule has 180 valence electrons. The van der Waals surface area contributed by atoms with Gasteiger partial charge in [-0.05, 0) is 66.9 Å². The number of anilines is 1. The van der Waals surface area contributed by atoms with Crippen LogP contribution in [0.15, 0.2) is 67.0 Å². The smallest absolute Gasteiger partial charge is 0.249 e. The van der Waals surface area contributed by atoms with Crippen LogP contribution in [0.25, 0.3) is 11.0 Å². The first kappa shape index (κ1) is 24.0. The Morgan fingerprint density at radius 1 is 1.06 bits per heavy atom. The van der Waals surface area contributed by atoms with Gasteiger partial charge in [0.1, 0.15) is 18.1 Å². The summed E-state index contributed by atoms with van der Waals surface area (Å²) in [5.41, 5.74) is 4.67. The average Bonchev–Trinajstić information content (AvgIpc) is 3.25. The Bertz CT molecular complexity index is 1300. The molecule has 0 unspecified atom stereocenters. The lowest BCUT2D eigenvalue weighted by molar-refractivity contribution is -0.127. The Hall–Kier alpha value is -4.11. The number of ether oxygens (including phenoxy) is 1. The number of fused-ring (bicyclic) bond motifs is 1. The van der Waals surface area contributed by atoms with E-state index in [-0.39, 0.29) is 18.4 Å². The maximum atomic E-state index is 13.9. The van der Waals surface area contributed by atoms with Crippen molar-refractivity contribution >= 4 is 28.5 Å². The molecule has 0 bridgehead atoms. The standard InChI is InChI=1S/C26H28N6O3/c1-18-14-19(2)16-21(15-18)32(24(33)17-31-23-7-5-4-6-22(23)29-30-31)25(20-8-10-27-11-9-20)26(34)28-12-13-35-3/h4-11,14-16,25H,12-13,17H2,1-3H3,(H,28,34)/t25-/m0/s1. The van der Waals surface area contributed by atoms with Crippen LogP contribution in [0.1, 0.15) is 22.7 Å². The molecule has 2 amide bonds. The van der Waals surface area contributed by atoms with Crippen molar-refractivity contribution in [3.05, 3.63) is 83.7 Å². The van der Waals surface area contributed by atoms with Gasteiger partial charge in [0, 0.05) is 31.7 Å². The van der Waals surface area contributed by atoms with E-state index in [4.69, 9.17) is 4.74 Å². The fraction of sp³-hybridized carbons (Fsp3) is 0.269. The highest BCUT2D eigenvalue weighted by Crippen LogP contribution is 2.30. The number of carbonyl (C=O) groups is 2. The van der Waals surface area contributed by atoms with Gasteiger partial charge in [-0.2, -0.15) is 0 Å². The van der Waals surface area contributed by atoms with Gasteiger partial charge < -0.3 is 10.1 Å². The highest BCUT2D eigenvalue weighted by molar-refractivity contribution is 6.01. The molecule has 35 heavy (non-hydrogen) atoms. The van der Waals surface area contributed by atoms with E-state index < -0.39 is 6.04 Å². The number of aryl methyl sites for hydroxylation is 2. The third kappa shape index (κ3) is 5.52. The predicted molar refractivity (Wildman–Crippen MR) is 133 cm³/mol. The normalized spacial score (nSPS) is 11.9. The van der Waals surface area contributed by atoms with Crippen molar-refractivity contribution in [2.45, 2.75) is 26.4 Å². The molecule has 2 aromatic carbocycles. The van der Waals surface area contributed by atoms with E-state index in [9.17, 15) is 9.59 Å². The molecule has 0 saturated carbocycles. The van der Waals surface area contributed by atoms with Crippen LogP contribution < -0.4 is 10.2 Å². The summed E-state index contributed by atoms with van der Waals surface area (Å²) in [5, 5.41) is 11.2. The number of carbonyl (C=O) groups excluding carboxylic acids is 2. The van der Waals surface area contributed by atoms with Gasteiger partial charge in [0.25, 0.3) is 0 Å². The molecule has 4 aromatic rings. The maximum Gasteiger partial charge on any atom is 0.249 e. The van der Waals surface area contributed by atoms with Gasteiger partial charge in [-0.3, -0.25) is 19.5 Å². The van der Waals surface area contributed by atoms with Crippen molar-refractivity contribution in [1.29, 1.82) is 0 Å². The Kier molecular flexibility index (Phi) is 7.47. The van der Waals surface area contributed by atoms with E-state index in [1.807, 2.05) is 56.3 Å². The van der Waals surface area contributed by atoms with E-state index in [1.54, 1.807) is 36.3 Å². The maximum absolute atomic E-state index is 13.9. The fourth-order valence-corrected chi connectivity index (χ4v) is 4.10. The Morgan fingerprint density at radius 2 is 1.77 bits per heavy atom. The summed E-state index contributed by atoms with van der Waals surface area (Å²) >= 11 is 0. The minimum Gasteiger partial charge on any atom is -0.383 e. The molecule has 9 heteroatoms. The number of para-hydroxylation sites is 1. The van der Waals surface area contributed by atoms with Crippen molar-refractivity contribution in [2.75, 3.05) is 25.2 Å². The van der Waals surface area contributed by atoms with Crippen molar-refractivity contribution in [3.8, 4) is 0 Å². The summed E-state index contributed by atoms with van der Waals surface area (Å²) in [6, 6.07) is 15.8. The zero-order valence-corrected chi connectivity index (χ0v) is 20.0. The van der Waals surface area contributed by atoms with Crippen molar-refractivity contribution in [2.24, 2.45) is 0 Å². The number of methoxy groups -OCH3 is 1. The summed E-state index contributed by atoms with van der Waals surface area (Å²) in [7, 11) is 1.57. The zero-order valence-electron chi connectivity index (χ0n) is 20.0. The van der Waals surface area contributed by atoms with Crippen molar-refractivity contribution in [3.63, 3.8) is 0 Å². The number of hydrogen-bond donors (Lipinski definition) is 1. The van der Waals surface area contributed by atoms with E-state index in [2.05, 4.69) is 20.6 Å². The number of hydrogen-bond acceptors (Lipinski definition) is 6. The van der Waals surface area contributed by atoms with Crippen LogP contribution in [-0.2, 0) is 20.9 Å². The topological polar surface area (TPSA) is 102 Å². The first-order valence-electron chi connectivity index (χ1n) is 11.3. The molecule has 2 heterocycles. The van der Waals surface area contributed by atoms with Gasteiger partial charge in [-0.15, -0.1) is 5.10 Å². The quantitative estimate of drug-likeness (QED) is 0.376. The first-order chi connectivity index (χ1) is 17.0. The van der Waals surface area contributed by atoms with E-state index in [1.165, 1.54) is 4.90 Å². The third-order valence-electron chi connectivity index (χ3n) is 5.59. The van der Waals surface area contributed by atoms with E-state index >= 15 is 0 Å². The van der Waals surface area contributed by atoms with Gasteiger partial charge in [-0.1, -0.05) is 23.4 Å². The van der Waals surface area contributed by atoms with Crippen LogP contribution in [0.4, 0.5) is 5.69 Å². The lowest BCUT2D eigenvalue weighted by Crippen LogP contribution is -2.46. The second-order valence-electron chi connectivity index (χ2n) is 8.31. The number of aromatic nitrogens is 4. The predicted octanol–water partition coefficient (Wildman–Crippen LogP) is 2.98. The largest absolute Gasteiger partial charge is 0.383 e. The van der Waals surface area contributed by atoms with Crippen LogP contribution in [-0.4, -0.2) is 52.1 Å². The number of benzene rings is 2. The molecular weight excluding hydrogens is 444 g/mol. The molecule has 9 nitrogen and oxygen atoms in total. The van der Waals surface area contributed by atoms with Crippen LogP contribution >= 0.6 is 0 Å². The zero-order chi connectivity index (χ0) is 24.8. The highest BCUT2D eigenvalue weighted by atomic mass is 16.5. The summed E-state index contributed by atoms with van der Waals surface area (Å²) in [4.78, 5) is 33.1. The fourth-order valence-electron chi connectivity index (χ4n) is 4.10. The van der Waals surface area contributed by atoms with Crippen LogP contribution in [0.3, 0.4) is 0 Å². The molecule has 0 radical (unpaired) electrons. The Morgan fingerprint density at radius 3 is 2.49 bits per heavy atom.